The summed E-state index contributed by atoms with van der Waals surface area (Å²) < 4.78 is 37.7. The van der Waals surface area contributed by atoms with Gasteiger partial charge in [0.1, 0.15) is 0 Å². The van der Waals surface area contributed by atoms with Crippen LogP contribution in [-0.2, 0) is 14.8 Å². The van der Waals surface area contributed by atoms with E-state index in [-0.39, 0.29) is 4.90 Å². The van der Waals surface area contributed by atoms with Crippen molar-refractivity contribution in [3.05, 3.63) is 29.8 Å². The van der Waals surface area contributed by atoms with E-state index in [0.717, 1.165) is 24.8 Å². The first kappa shape index (κ1) is 15.9. The first-order valence-electron chi connectivity index (χ1n) is 7.60. The summed E-state index contributed by atoms with van der Waals surface area (Å²) in [7, 11) is -3.94. The quantitative estimate of drug-likeness (QED) is 0.850. The Hall–Kier alpha value is -2.02. The summed E-state index contributed by atoms with van der Waals surface area (Å²) in [4.78, 5) is 11.9. The third kappa shape index (κ3) is 3.85. The Morgan fingerprint density at radius 2 is 1.91 bits per heavy atom. The topological polar surface area (TPSA) is 81.7 Å². The summed E-state index contributed by atoms with van der Waals surface area (Å²) in [6, 6.07) is 4.33. The molecule has 1 saturated carbocycles. The lowest BCUT2D eigenvalue weighted by Gasteiger charge is -2.10. The Balaban J connectivity index is 1.78. The van der Waals surface area contributed by atoms with Crippen molar-refractivity contribution in [3.63, 3.8) is 0 Å². The van der Waals surface area contributed by atoms with Crippen LogP contribution < -0.4 is 14.2 Å². The average molecular weight is 337 g/mol. The third-order valence-corrected chi connectivity index (χ3v) is 5.19. The van der Waals surface area contributed by atoms with Gasteiger partial charge < -0.3 is 9.47 Å². The number of rotatable bonds is 4. The second-order valence-electron chi connectivity index (χ2n) is 5.79. The van der Waals surface area contributed by atoms with E-state index in [1.807, 2.05) is 6.92 Å². The summed E-state index contributed by atoms with van der Waals surface area (Å²) in [6.07, 6.45) is 4.21. The van der Waals surface area contributed by atoms with Gasteiger partial charge in [0.15, 0.2) is 11.5 Å². The summed E-state index contributed by atoms with van der Waals surface area (Å²) in [6.45, 7) is 2.84. The molecule has 0 unspecified atom stereocenters. The van der Waals surface area contributed by atoms with Crippen molar-refractivity contribution in [2.24, 2.45) is 5.92 Å². The first-order chi connectivity index (χ1) is 11.0. The molecule has 1 aromatic rings. The molecule has 3 rings (SSSR count). The zero-order valence-electron chi connectivity index (χ0n) is 12.9. The van der Waals surface area contributed by atoms with Gasteiger partial charge >= 0.3 is 0 Å². The number of nitrogens with one attached hydrogen (secondary N) is 1. The van der Waals surface area contributed by atoms with Crippen LogP contribution in [0.25, 0.3) is 0 Å². The van der Waals surface area contributed by atoms with E-state index in [2.05, 4.69) is 4.72 Å². The minimum atomic E-state index is -3.94. The second kappa shape index (κ2) is 6.23. The molecule has 0 atom stereocenters. The van der Waals surface area contributed by atoms with Gasteiger partial charge in [0.05, 0.1) is 18.1 Å². The largest absolute Gasteiger partial charge is 0.490 e. The number of hydrogen-bond acceptors (Lipinski definition) is 5. The number of carbonyl (C=O) groups excluding carboxylic acids is 1. The first-order valence-corrected chi connectivity index (χ1v) is 9.09. The number of allylic oxidation sites excluding steroid dienone is 1. The van der Waals surface area contributed by atoms with E-state index >= 15 is 0 Å². The Labute approximate surface area is 135 Å². The lowest BCUT2D eigenvalue weighted by Crippen LogP contribution is -2.29. The molecule has 1 heterocycles. The minimum Gasteiger partial charge on any atom is -0.490 e. The predicted molar refractivity (Wildman–Crippen MR) is 83.9 cm³/mol. The number of carbonyl (C=O) groups is 1. The van der Waals surface area contributed by atoms with Gasteiger partial charge in [-0.15, -0.1) is 0 Å². The van der Waals surface area contributed by atoms with Crippen LogP contribution in [0.2, 0.25) is 0 Å². The van der Waals surface area contributed by atoms with Gasteiger partial charge in [-0.1, -0.05) is 5.57 Å². The van der Waals surface area contributed by atoms with E-state index in [1.54, 1.807) is 6.07 Å². The number of ether oxygens (including phenoxy) is 2. The smallest absolute Gasteiger partial charge is 0.264 e. The monoisotopic (exact) mass is 337 g/mol. The number of benzene rings is 1. The van der Waals surface area contributed by atoms with Crippen molar-refractivity contribution in [2.45, 2.75) is 31.1 Å². The summed E-state index contributed by atoms with van der Waals surface area (Å²) in [5.74, 6) is 0.683. The van der Waals surface area contributed by atoms with Crippen LogP contribution in [0.1, 0.15) is 26.2 Å². The molecular weight excluding hydrogens is 318 g/mol. The summed E-state index contributed by atoms with van der Waals surface area (Å²) in [5, 5.41) is 0. The van der Waals surface area contributed by atoms with E-state index in [4.69, 9.17) is 9.47 Å². The highest BCUT2D eigenvalue weighted by atomic mass is 32.2. The third-order valence-electron chi connectivity index (χ3n) is 3.84. The summed E-state index contributed by atoms with van der Waals surface area (Å²) >= 11 is 0. The van der Waals surface area contributed by atoms with Crippen LogP contribution in [0.3, 0.4) is 0 Å². The summed E-state index contributed by atoms with van der Waals surface area (Å²) in [5.41, 5.74) is 0.913. The molecule has 0 saturated heterocycles. The van der Waals surface area contributed by atoms with Gasteiger partial charge in [-0.25, -0.2) is 13.1 Å². The fraction of sp³-hybridized carbons (Fsp3) is 0.438. The van der Waals surface area contributed by atoms with Crippen LogP contribution in [0.4, 0.5) is 0 Å². The van der Waals surface area contributed by atoms with Gasteiger partial charge in [0.25, 0.3) is 15.9 Å². The maximum Gasteiger partial charge on any atom is 0.264 e. The molecule has 1 aliphatic carbocycles. The number of hydrogen-bond donors (Lipinski definition) is 1. The number of amides is 1. The Morgan fingerprint density at radius 3 is 2.61 bits per heavy atom. The standard InChI is InChI=1S/C16H19NO5S/c1-11(12-3-4-12)9-16(18)17-23(19,20)13-5-6-14-15(10-13)22-8-2-7-21-14/h5-6,9-10,12H,2-4,7-8H2,1H3,(H,17,18)/b11-9+. The highest BCUT2D eigenvalue weighted by Gasteiger charge is 2.25. The van der Waals surface area contributed by atoms with Crippen molar-refractivity contribution in [1.82, 2.24) is 4.72 Å². The molecule has 0 aromatic heterocycles. The van der Waals surface area contributed by atoms with Crippen LogP contribution in [-0.4, -0.2) is 27.5 Å². The molecule has 6 nitrogen and oxygen atoms in total. The molecule has 1 fully saturated rings. The maximum absolute atomic E-state index is 12.3. The molecular formula is C16H19NO5S. The Bertz CT molecular complexity index is 750. The van der Waals surface area contributed by atoms with E-state index in [9.17, 15) is 13.2 Å². The normalized spacial score (nSPS) is 18.2. The van der Waals surface area contributed by atoms with Gasteiger partial charge in [-0.05, 0) is 37.8 Å². The Morgan fingerprint density at radius 1 is 1.22 bits per heavy atom. The van der Waals surface area contributed by atoms with Crippen molar-refractivity contribution in [2.75, 3.05) is 13.2 Å². The van der Waals surface area contributed by atoms with Crippen molar-refractivity contribution < 1.29 is 22.7 Å². The molecule has 0 spiro atoms. The fourth-order valence-electron chi connectivity index (χ4n) is 2.39. The van der Waals surface area contributed by atoms with E-state index in [1.165, 1.54) is 18.2 Å². The fourth-order valence-corrected chi connectivity index (χ4v) is 3.35. The van der Waals surface area contributed by atoms with Gasteiger partial charge in [0, 0.05) is 18.6 Å². The molecule has 1 aliphatic heterocycles. The van der Waals surface area contributed by atoms with Crippen molar-refractivity contribution in [3.8, 4) is 11.5 Å². The van der Waals surface area contributed by atoms with Gasteiger partial charge in [0.2, 0.25) is 0 Å². The Kier molecular flexibility index (Phi) is 4.30. The SMILES string of the molecule is C/C(=C\C(=O)NS(=O)(=O)c1ccc2c(c1)OCCCO2)C1CC1. The molecule has 0 bridgehead atoms. The maximum atomic E-state index is 12.3. The molecule has 1 aromatic carbocycles. The minimum absolute atomic E-state index is 0.0208. The molecule has 23 heavy (non-hydrogen) atoms. The molecule has 7 heteroatoms. The van der Waals surface area contributed by atoms with Crippen LogP contribution in [0.5, 0.6) is 11.5 Å². The van der Waals surface area contributed by atoms with Gasteiger partial charge in [-0.2, -0.15) is 0 Å². The predicted octanol–water partition coefficient (Wildman–Crippen LogP) is 2.01. The number of fused-ring (bicyclic) bond motifs is 1. The van der Waals surface area contributed by atoms with E-state index < -0.39 is 15.9 Å². The lowest BCUT2D eigenvalue weighted by atomic mass is 10.2. The number of sulfonamides is 1. The molecule has 124 valence electrons. The molecule has 1 amide bonds. The van der Waals surface area contributed by atoms with Crippen LogP contribution in [0, 0.1) is 5.92 Å². The van der Waals surface area contributed by atoms with Crippen LogP contribution in [0.15, 0.2) is 34.7 Å². The van der Waals surface area contributed by atoms with Crippen molar-refractivity contribution >= 4 is 15.9 Å². The lowest BCUT2D eigenvalue weighted by molar-refractivity contribution is -0.114. The molecule has 1 N–H and O–H groups in total. The zero-order valence-corrected chi connectivity index (χ0v) is 13.7. The second-order valence-corrected chi connectivity index (χ2v) is 7.47. The van der Waals surface area contributed by atoms with Crippen LogP contribution >= 0.6 is 0 Å². The molecule has 0 radical (unpaired) electrons. The van der Waals surface area contributed by atoms with E-state index in [0.29, 0.717) is 30.6 Å². The average Bonchev–Trinajstić information content (AvgIpc) is 3.32. The molecule has 2 aliphatic rings. The zero-order chi connectivity index (χ0) is 16.4. The highest BCUT2D eigenvalue weighted by molar-refractivity contribution is 7.90. The highest BCUT2D eigenvalue weighted by Crippen LogP contribution is 2.36. The van der Waals surface area contributed by atoms with Crippen molar-refractivity contribution in [1.29, 1.82) is 0 Å². The van der Waals surface area contributed by atoms with Gasteiger partial charge in [-0.3, -0.25) is 4.79 Å².